The van der Waals surface area contributed by atoms with E-state index in [2.05, 4.69) is 51.7 Å². The number of aromatic nitrogens is 2. The van der Waals surface area contributed by atoms with Crippen molar-refractivity contribution in [3.05, 3.63) is 60.1 Å². The first-order valence-electron chi connectivity index (χ1n) is 13.7. The second-order valence-electron chi connectivity index (χ2n) is 11.2. The zero-order valence-corrected chi connectivity index (χ0v) is 21.1. The number of anilines is 1. The largest absolute Gasteiger partial charge is 0.352 e. The molecule has 0 N–H and O–H groups in total. The van der Waals surface area contributed by atoms with Gasteiger partial charge in [0.1, 0.15) is 11.9 Å². The van der Waals surface area contributed by atoms with E-state index in [1.54, 1.807) is 6.08 Å². The van der Waals surface area contributed by atoms with Crippen LogP contribution in [0.15, 0.2) is 43.1 Å². The fourth-order valence-electron chi connectivity index (χ4n) is 5.99. The van der Waals surface area contributed by atoms with Crippen LogP contribution in [0.25, 0.3) is 28.0 Å². The Morgan fingerprint density at radius 2 is 1.92 bits per heavy atom. The molecule has 1 aliphatic heterocycles. The summed E-state index contributed by atoms with van der Waals surface area (Å²) >= 11 is 0. The Kier molecular flexibility index (Phi) is 5.28. The Morgan fingerprint density at radius 1 is 1.08 bits per heavy atom. The lowest BCUT2D eigenvalue weighted by Gasteiger charge is -2.43. The minimum atomic E-state index is 0.240. The van der Waals surface area contributed by atoms with Gasteiger partial charge in [-0.15, -0.1) is 0 Å². The molecule has 37 heavy (non-hydrogen) atoms. The minimum absolute atomic E-state index is 0.240. The van der Waals surface area contributed by atoms with Crippen molar-refractivity contribution in [2.24, 2.45) is 11.8 Å². The Morgan fingerprint density at radius 3 is 2.62 bits per heavy atom. The molecule has 0 spiro atoms. The van der Waals surface area contributed by atoms with Crippen molar-refractivity contribution in [3.8, 4) is 17.2 Å². The quantitative estimate of drug-likeness (QED) is 0.455. The summed E-state index contributed by atoms with van der Waals surface area (Å²) in [5.41, 5.74) is 4.69. The first kappa shape index (κ1) is 22.5. The topological polar surface area (TPSA) is 73.1 Å². The molecular formula is C31H31N5O. The molecular weight excluding hydrogens is 458 g/mol. The zero-order chi connectivity index (χ0) is 25.1. The molecule has 1 saturated heterocycles. The number of fused-ring (bicyclic) bond motifs is 1. The summed E-state index contributed by atoms with van der Waals surface area (Å²) < 4.78 is 0. The van der Waals surface area contributed by atoms with Crippen LogP contribution in [0.1, 0.15) is 61.4 Å². The first-order chi connectivity index (χ1) is 18.1. The number of nitriles is 1. The van der Waals surface area contributed by atoms with E-state index in [0.717, 1.165) is 84.4 Å². The van der Waals surface area contributed by atoms with Crippen molar-refractivity contribution in [2.45, 2.75) is 50.5 Å². The van der Waals surface area contributed by atoms with Crippen LogP contribution in [0.4, 0.5) is 5.82 Å². The molecule has 3 heterocycles. The van der Waals surface area contributed by atoms with Gasteiger partial charge in [-0.25, -0.2) is 4.98 Å². The number of pyridine rings is 2. The van der Waals surface area contributed by atoms with Crippen LogP contribution in [-0.4, -0.2) is 46.5 Å². The maximum atomic E-state index is 13.0. The molecule has 6 nitrogen and oxygen atoms in total. The lowest BCUT2D eigenvalue weighted by Crippen LogP contribution is -2.57. The maximum Gasteiger partial charge on any atom is 0.226 e. The number of nitrogens with zero attached hydrogens (tertiary/aromatic N) is 5. The third-order valence-corrected chi connectivity index (χ3v) is 8.51. The van der Waals surface area contributed by atoms with Crippen molar-refractivity contribution in [1.29, 1.82) is 5.26 Å². The van der Waals surface area contributed by atoms with Gasteiger partial charge in [0, 0.05) is 48.6 Å². The van der Waals surface area contributed by atoms with E-state index >= 15 is 0 Å². The molecule has 1 atom stereocenters. The van der Waals surface area contributed by atoms with Crippen LogP contribution in [0, 0.1) is 23.2 Å². The third kappa shape index (κ3) is 4.07. The number of rotatable bonds is 6. The van der Waals surface area contributed by atoms with Gasteiger partial charge in [-0.05, 0) is 79.7 Å². The van der Waals surface area contributed by atoms with Gasteiger partial charge < -0.3 is 9.80 Å². The standard InChI is InChI=1S/C31H31N5O/c1-2-27-25-15-23(10-3-19(25)11-12-33-27)26-16-24(17-32)30(34-29(26)21-6-7-21)35-13-14-36(31(37)22-8-9-22)28(18-35)20-4-5-20/h2-3,10-12,15-16,20-22,28H,1,4-9,13-14,18H2. The number of carbonyl (C=O) groups excluding carboxylic acids is 1. The minimum Gasteiger partial charge on any atom is -0.352 e. The highest BCUT2D eigenvalue weighted by Crippen LogP contribution is 2.46. The van der Waals surface area contributed by atoms with Crippen LogP contribution in [0.2, 0.25) is 0 Å². The Hall–Kier alpha value is -3.72. The molecule has 3 aliphatic carbocycles. The lowest BCUT2D eigenvalue weighted by atomic mass is 9.96. The predicted molar refractivity (Wildman–Crippen MR) is 145 cm³/mol. The van der Waals surface area contributed by atoms with Crippen LogP contribution >= 0.6 is 0 Å². The zero-order valence-electron chi connectivity index (χ0n) is 21.1. The van der Waals surface area contributed by atoms with E-state index in [9.17, 15) is 10.1 Å². The van der Waals surface area contributed by atoms with Gasteiger partial charge >= 0.3 is 0 Å². The van der Waals surface area contributed by atoms with Crippen molar-refractivity contribution >= 4 is 28.6 Å². The van der Waals surface area contributed by atoms with Gasteiger partial charge in [0.25, 0.3) is 0 Å². The summed E-state index contributed by atoms with van der Waals surface area (Å²) in [7, 11) is 0. The highest BCUT2D eigenvalue weighted by Gasteiger charge is 2.45. The summed E-state index contributed by atoms with van der Waals surface area (Å²) in [6.45, 7) is 6.17. The Labute approximate surface area is 217 Å². The van der Waals surface area contributed by atoms with Gasteiger partial charge in [0.15, 0.2) is 0 Å². The number of hydrogen-bond acceptors (Lipinski definition) is 5. The SMILES string of the molecule is C=Cc1nccc2ccc(-c3cc(C#N)c(N4CCN(C(=O)C5CC5)C(C5CC5)C4)nc3C3CC3)cc12. The molecule has 1 amide bonds. The summed E-state index contributed by atoms with van der Waals surface area (Å²) in [5.74, 6) is 2.42. The summed E-state index contributed by atoms with van der Waals surface area (Å²) in [6, 6.07) is 13.2. The number of hydrogen-bond donors (Lipinski definition) is 0. The monoisotopic (exact) mass is 489 g/mol. The van der Waals surface area contributed by atoms with Gasteiger partial charge in [-0.3, -0.25) is 9.78 Å². The van der Waals surface area contributed by atoms with E-state index in [4.69, 9.17) is 4.98 Å². The molecule has 2 aromatic heterocycles. The molecule has 3 saturated carbocycles. The number of carbonyl (C=O) groups is 1. The van der Waals surface area contributed by atoms with Gasteiger partial charge in [-0.1, -0.05) is 18.7 Å². The average molecular weight is 490 g/mol. The maximum absolute atomic E-state index is 13.0. The van der Waals surface area contributed by atoms with Crippen LogP contribution in [0.3, 0.4) is 0 Å². The summed E-state index contributed by atoms with van der Waals surface area (Å²) in [4.78, 5) is 27.1. The first-order valence-corrected chi connectivity index (χ1v) is 13.7. The average Bonchev–Trinajstić information content (AvgIpc) is 3.80. The molecule has 186 valence electrons. The smallest absolute Gasteiger partial charge is 0.226 e. The highest BCUT2D eigenvalue weighted by molar-refractivity contribution is 5.93. The number of amides is 1. The lowest BCUT2D eigenvalue weighted by molar-refractivity contribution is -0.135. The molecule has 4 aliphatic rings. The van der Waals surface area contributed by atoms with Crippen molar-refractivity contribution < 1.29 is 4.79 Å². The molecule has 7 rings (SSSR count). The van der Waals surface area contributed by atoms with Crippen LogP contribution in [-0.2, 0) is 4.79 Å². The molecule has 3 aromatic rings. The van der Waals surface area contributed by atoms with Gasteiger partial charge in [-0.2, -0.15) is 5.26 Å². The molecule has 1 unspecified atom stereocenters. The molecule has 0 radical (unpaired) electrons. The van der Waals surface area contributed by atoms with Gasteiger partial charge in [0.05, 0.1) is 23.0 Å². The van der Waals surface area contributed by atoms with Gasteiger partial charge in [0.2, 0.25) is 5.91 Å². The van der Waals surface area contributed by atoms with Crippen LogP contribution < -0.4 is 4.90 Å². The van der Waals surface area contributed by atoms with Crippen molar-refractivity contribution in [1.82, 2.24) is 14.9 Å². The fraction of sp³-hybridized carbons (Fsp3) is 0.419. The molecule has 0 bridgehead atoms. The molecule has 6 heteroatoms. The Bertz CT molecular complexity index is 1460. The predicted octanol–water partition coefficient (Wildman–Crippen LogP) is 5.53. The van der Waals surface area contributed by atoms with E-state index < -0.39 is 0 Å². The van der Waals surface area contributed by atoms with E-state index in [-0.39, 0.29) is 12.0 Å². The fourth-order valence-corrected chi connectivity index (χ4v) is 5.99. The van der Waals surface area contributed by atoms with E-state index in [0.29, 0.717) is 23.3 Å². The highest BCUT2D eigenvalue weighted by atomic mass is 16.2. The molecule has 4 fully saturated rings. The summed E-state index contributed by atoms with van der Waals surface area (Å²) in [5, 5.41) is 12.4. The third-order valence-electron chi connectivity index (χ3n) is 8.51. The van der Waals surface area contributed by atoms with Crippen molar-refractivity contribution in [2.75, 3.05) is 24.5 Å². The van der Waals surface area contributed by atoms with E-state index in [1.807, 2.05) is 12.3 Å². The number of piperazine rings is 1. The second kappa shape index (κ2) is 8.69. The Balaban J connectivity index is 1.27. The normalized spacial score (nSPS) is 21.6. The summed E-state index contributed by atoms with van der Waals surface area (Å²) in [6.07, 6.45) is 10.3. The number of benzene rings is 1. The van der Waals surface area contributed by atoms with E-state index in [1.165, 1.54) is 12.8 Å². The van der Waals surface area contributed by atoms with Crippen molar-refractivity contribution in [3.63, 3.8) is 0 Å². The van der Waals surface area contributed by atoms with Crippen LogP contribution in [0.5, 0.6) is 0 Å². The molecule has 1 aromatic carbocycles. The second-order valence-corrected chi connectivity index (χ2v) is 11.2.